The Kier molecular flexibility index (Phi) is 1.53. The molecule has 2 heterocycles. The lowest BCUT2D eigenvalue weighted by atomic mass is 10.2. The number of amides is 1. The summed E-state index contributed by atoms with van der Waals surface area (Å²) in [7, 11) is 0. The lowest BCUT2D eigenvalue weighted by Gasteiger charge is -2.29. The molecule has 2 rings (SSSR count). The van der Waals surface area contributed by atoms with Gasteiger partial charge in [0.1, 0.15) is 6.33 Å². The van der Waals surface area contributed by atoms with Crippen LogP contribution >= 0.6 is 0 Å². The van der Waals surface area contributed by atoms with Crippen LogP contribution in [0.5, 0.6) is 0 Å². The smallest absolute Gasteiger partial charge is 0.323 e. The second-order valence-electron chi connectivity index (χ2n) is 2.58. The third-order valence-corrected chi connectivity index (χ3v) is 1.79. The van der Waals surface area contributed by atoms with Crippen LogP contribution in [0.3, 0.4) is 0 Å². The predicted molar refractivity (Wildman–Crippen MR) is 37.0 cm³/mol. The number of likely N-dealkylation sites (tertiary alicyclic amines) is 1. The Balaban J connectivity index is 2.13. The van der Waals surface area contributed by atoms with Crippen LogP contribution < -0.4 is 0 Å². The highest BCUT2D eigenvalue weighted by Crippen LogP contribution is 2.07. The fraction of sp³-hybridized carbons (Fsp3) is 0.500. The molecule has 1 amide bonds. The van der Waals surface area contributed by atoms with Crippen LogP contribution in [0, 0.1) is 6.08 Å². The number of halogens is 1. The molecule has 1 aliphatic rings. The summed E-state index contributed by atoms with van der Waals surface area (Å²) >= 11 is 0. The van der Waals surface area contributed by atoms with Crippen molar-refractivity contribution < 1.29 is 9.18 Å². The van der Waals surface area contributed by atoms with Crippen molar-refractivity contribution in [1.29, 1.82) is 0 Å². The Morgan fingerprint density at radius 2 is 2.33 bits per heavy atom. The molecule has 1 aliphatic heterocycles. The van der Waals surface area contributed by atoms with Crippen molar-refractivity contribution in [2.24, 2.45) is 0 Å². The van der Waals surface area contributed by atoms with E-state index < -0.39 is 6.08 Å². The molecule has 12 heavy (non-hydrogen) atoms. The van der Waals surface area contributed by atoms with Crippen molar-refractivity contribution in [1.82, 2.24) is 19.7 Å². The highest BCUT2D eigenvalue weighted by Gasteiger charge is 2.22. The molecule has 0 unspecified atom stereocenters. The van der Waals surface area contributed by atoms with Crippen molar-refractivity contribution in [3.05, 3.63) is 12.4 Å². The van der Waals surface area contributed by atoms with Gasteiger partial charge in [-0.1, -0.05) is 0 Å². The Hall–Kier alpha value is -1.46. The molecule has 0 N–H and O–H groups in total. The number of hydrogen-bond acceptors (Lipinski definition) is 3. The predicted octanol–water partition coefficient (Wildman–Crippen LogP) is 0.0910. The molecule has 1 aromatic rings. The van der Waals surface area contributed by atoms with Crippen molar-refractivity contribution in [2.75, 3.05) is 13.1 Å². The number of rotatable bonds is 0. The first-order chi connectivity index (χ1) is 5.77. The van der Waals surface area contributed by atoms with E-state index in [9.17, 15) is 9.18 Å². The second-order valence-corrected chi connectivity index (χ2v) is 2.58. The second kappa shape index (κ2) is 2.54. The van der Waals surface area contributed by atoms with E-state index in [0.717, 1.165) is 30.5 Å². The van der Waals surface area contributed by atoms with Crippen LogP contribution in [0.4, 0.5) is 9.18 Å². The van der Waals surface area contributed by atoms with Gasteiger partial charge < -0.3 is 4.90 Å². The maximum atomic E-state index is 12.3. The van der Waals surface area contributed by atoms with Crippen molar-refractivity contribution >= 4 is 6.03 Å². The molecule has 6 heteroatoms. The van der Waals surface area contributed by atoms with Gasteiger partial charge in [0.05, 0.1) is 0 Å². The van der Waals surface area contributed by atoms with Crippen LogP contribution in [0.2, 0.25) is 0 Å². The molecule has 0 atom stereocenters. The number of hydrogen-bond donors (Lipinski definition) is 0. The summed E-state index contributed by atoms with van der Waals surface area (Å²) in [5, 5.41) is 3.26. The largest absolute Gasteiger partial charge is 0.346 e. The summed E-state index contributed by atoms with van der Waals surface area (Å²) in [6, 6.07) is -0.308. The highest BCUT2D eigenvalue weighted by molar-refractivity contribution is 5.76. The van der Waals surface area contributed by atoms with E-state index in [4.69, 9.17) is 0 Å². The summed E-state index contributed by atoms with van der Waals surface area (Å²) < 4.78 is 13.2. The molecular formula is C6H7FN4O. The van der Waals surface area contributed by atoms with Crippen LogP contribution in [-0.4, -0.2) is 38.8 Å². The first-order valence-corrected chi connectivity index (χ1v) is 3.64. The summed E-state index contributed by atoms with van der Waals surface area (Å²) in [6.45, 7) is 1.45. The highest BCUT2D eigenvalue weighted by atomic mass is 19.1. The fourth-order valence-electron chi connectivity index (χ4n) is 0.987. The average Bonchev–Trinajstić information content (AvgIpc) is 2.31. The minimum Gasteiger partial charge on any atom is -0.323 e. The Morgan fingerprint density at radius 1 is 1.58 bits per heavy atom. The minimum absolute atomic E-state index is 0.308. The van der Waals surface area contributed by atoms with E-state index in [-0.39, 0.29) is 6.03 Å². The molecular weight excluding hydrogens is 163 g/mol. The number of carbonyl (C=O) groups is 1. The molecule has 64 valence electrons. The van der Waals surface area contributed by atoms with Gasteiger partial charge in [-0.15, -0.1) is 5.10 Å². The SMILES string of the molecule is O=C(N1CCC1)n1cnc(F)n1. The summed E-state index contributed by atoms with van der Waals surface area (Å²) in [6.07, 6.45) is 1.21. The average molecular weight is 170 g/mol. The Labute approximate surface area is 67.8 Å². The molecule has 0 saturated carbocycles. The van der Waals surface area contributed by atoms with Gasteiger partial charge in [0.15, 0.2) is 0 Å². The minimum atomic E-state index is -0.871. The van der Waals surface area contributed by atoms with E-state index in [1.807, 2.05) is 0 Å². The first-order valence-electron chi connectivity index (χ1n) is 3.64. The van der Waals surface area contributed by atoms with Crippen LogP contribution in [0.1, 0.15) is 6.42 Å². The molecule has 5 nitrogen and oxygen atoms in total. The fourth-order valence-corrected chi connectivity index (χ4v) is 0.987. The van der Waals surface area contributed by atoms with Gasteiger partial charge in [-0.05, 0) is 6.42 Å². The molecule has 1 aromatic heterocycles. The van der Waals surface area contributed by atoms with Gasteiger partial charge in [0.25, 0.3) is 0 Å². The monoisotopic (exact) mass is 170 g/mol. The number of carbonyl (C=O) groups excluding carboxylic acids is 1. The van der Waals surface area contributed by atoms with Crippen LogP contribution in [0.15, 0.2) is 6.33 Å². The molecule has 0 spiro atoms. The number of nitrogens with zero attached hydrogens (tertiary/aromatic N) is 4. The molecule has 0 aliphatic carbocycles. The van der Waals surface area contributed by atoms with Crippen molar-refractivity contribution in [3.63, 3.8) is 0 Å². The maximum Gasteiger partial charge on any atom is 0.346 e. The number of aromatic nitrogens is 3. The first kappa shape index (κ1) is 7.20. The van der Waals surface area contributed by atoms with E-state index in [2.05, 4.69) is 10.1 Å². The third kappa shape index (κ3) is 1.05. The van der Waals surface area contributed by atoms with Gasteiger partial charge in [-0.2, -0.15) is 14.1 Å². The van der Waals surface area contributed by atoms with Crippen molar-refractivity contribution in [2.45, 2.75) is 6.42 Å². The van der Waals surface area contributed by atoms with E-state index in [1.165, 1.54) is 0 Å². The topological polar surface area (TPSA) is 51.0 Å². The molecule has 1 fully saturated rings. The quantitative estimate of drug-likeness (QED) is 0.554. The van der Waals surface area contributed by atoms with Gasteiger partial charge >= 0.3 is 12.1 Å². The van der Waals surface area contributed by atoms with Gasteiger partial charge in [0.2, 0.25) is 0 Å². The maximum absolute atomic E-state index is 12.3. The normalized spacial score (nSPS) is 15.9. The van der Waals surface area contributed by atoms with E-state index in [1.54, 1.807) is 4.90 Å². The lowest BCUT2D eigenvalue weighted by Crippen LogP contribution is -2.44. The lowest BCUT2D eigenvalue weighted by molar-refractivity contribution is 0.165. The van der Waals surface area contributed by atoms with Crippen LogP contribution in [0.25, 0.3) is 0 Å². The zero-order chi connectivity index (χ0) is 8.55. The summed E-state index contributed by atoms with van der Waals surface area (Å²) in [5.41, 5.74) is 0. The third-order valence-electron chi connectivity index (χ3n) is 1.79. The van der Waals surface area contributed by atoms with E-state index >= 15 is 0 Å². The zero-order valence-corrected chi connectivity index (χ0v) is 6.27. The Morgan fingerprint density at radius 3 is 2.75 bits per heavy atom. The Bertz CT molecular complexity index is 306. The van der Waals surface area contributed by atoms with Crippen molar-refractivity contribution in [3.8, 4) is 0 Å². The van der Waals surface area contributed by atoms with E-state index in [0.29, 0.717) is 0 Å². The summed E-state index contributed by atoms with van der Waals surface area (Å²) in [5.74, 6) is 0. The zero-order valence-electron chi connectivity index (χ0n) is 6.27. The molecule has 1 saturated heterocycles. The van der Waals surface area contributed by atoms with Gasteiger partial charge in [-0.25, -0.2) is 4.79 Å². The van der Waals surface area contributed by atoms with Crippen LogP contribution in [-0.2, 0) is 0 Å². The van der Waals surface area contributed by atoms with Gasteiger partial charge in [0, 0.05) is 13.1 Å². The summed E-state index contributed by atoms with van der Waals surface area (Å²) in [4.78, 5) is 16.1. The molecule has 0 aromatic carbocycles. The van der Waals surface area contributed by atoms with Gasteiger partial charge in [-0.3, -0.25) is 0 Å². The molecule has 0 bridgehead atoms. The molecule has 0 radical (unpaired) electrons. The standard InChI is InChI=1S/C6H7FN4O/c7-5-8-4-11(9-5)6(12)10-2-1-3-10/h4H,1-3H2.